The highest BCUT2D eigenvalue weighted by Crippen LogP contribution is 2.45. The molecular weight excluding hydrogens is 372 g/mol. The van der Waals surface area contributed by atoms with Crippen LogP contribution in [0.4, 0.5) is 0 Å². The molecule has 0 amide bonds. The van der Waals surface area contributed by atoms with Crippen LogP contribution in [0.2, 0.25) is 0 Å². The molecule has 0 fully saturated rings. The number of carbonyl (C=O) groups excluding carboxylic acids is 1. The zero-order valence-corrected chi connectivity index (χ0v) is 15.4. The topological polar surface area (TPSA) is 53.0 Å². The minimum absolute atomic E-state index is 0.0747. The molecule has 1 unspecified atom stereocenters. The van der Waals surface area contributed by atoms with E-state index in [4.69, 9.17) is 17.6 Å². The fourth-order valence-electron chi connectivity index (χ4n) is 3.38. The molecule has 0 saturated heterocycles. The summed E-state index contributed by atoms with van der Waals surface area (Å²) in [5.41, 5.74) is 3.11. The Morgan fingerprint density at radius 1 is 1.30 bits per heavy atom. The van der Waals surface area contributed by atoms with E-state index in [0.717, 1.165) is 27.7 Å². The third-order valence-corrected chi connectivity index (χ3v) is 5.20. The molecule has 0 spiro atoms. The molecule has 1 heterocycles. The molecule has 0 bridgehead atoms. The predicted octanol–water partition coefficient (Wildman–Crippen LogP) is 4.28. The first kappa shape index (κ1) is 16.3. The fourth-order valence-corrected chi connectivity index (χ4v) is 3.93. The van der Waals surface area contributed by atoms with Crippen LogP contribution in [-0.4, -0.2) is 16.6 Å². The van der Waals surface area contributed by atoms with Gasteiger partial charge in [0.25, 0.3) is 0 Å². The number of hydrogen-bond donors (Lipinski definition) is 2. The molecule has 1 aliphatic carbocycles. The number of halogens is 1. The molecular formula is C18H17BrN2OS. The summed E-state index contributed by atoms with van der Waals surface area (Å²) in [7, 11) is 0. The Balaban J connectivity index is 2.20. The Labute approximate surface area is 149 Å². The highest BCUT2D eigenvalue weighted by atomic mass is 79.9. The van der Waals surface area contributed by atoms with Crippen molar-refractivity contribution in [3.8, 4) is 0 Å². The number of nitrogens with one attached hydrogen (secondary N) is 2. The van der Waals surface area contributed by atoms with Crippen LogP contribution >= 0.6 is 28.1 Å². The van der Waals surface area contributed by atoms with E-state index < -0.39 is 0 Å². The average molecular weight is 389 g/mol. The number of rotatable bonds is 1. The van der Waals surface area contributed by atoms with Crippen molar-refractivity contribution in [3.05, 3.63) is 51.1 Å². The van der Waals surface area contributed by atoms with Gasteiger partial charge in [-0.15, -0.1) is 0 Å². The van der Waals surface area contributed by atoms with E-state index in [9.17, 15) is 4.79 Å². The van der Waals surface area contributed by atoms with Gasteiger partial charge in [-0.05, 0) is 35.4 Å². The molecule has 0 saturated carbocycles. The quantitative estimate of drug-likeness (QED) is 0.428. The van der Waals surface area contributed by atoms with Crippen LogP contribution in [0.25, 0.3) is 0 Å². The summed E-state index contributed by atoms with van der Waals surface area (Å²) in [5.74, 6) is 2.29. The van der Waals surface area contributed by atoms with Gasteiger partial charge in [-0.25, -0.2) is 0 Å². The molecule has 118 valence electrons. The number of thiocarbonyl (C=S) groups is 1. The molecule has 3 nitrogen and oxygen atoms in total. The smallest absolute Gasteiger partial charge is 0.162 e. The summed E-state index contributed by atoms with van der Waals surface area (Å²) >= 11 is 8.86. The largest absolute Gasteiger partial charge is 0.349 e. The summed E-state index contributed by atoms with van der Waals surface area (Å²) in [6, 6.07) is 7.83. The van der Waals surface area contributed by atoms with E-state index in [1.807, 2.05) is 24.3 Å². The zero-order chi connectivity index (χ0) is 16.8. The predicted molar refractivity (Wildman–Crippen MR) is 98.9 cm³/mol. The second kappa shape index (κ2) is 5.82. The fraction of sp³-hybridized carbons (Fsp3) is 0.333. The number of carbonyl (C=O) groups is 1. The van der Waals surface area contributed by atoms with Gasteiger partial charge in [-0.1, -0.05) is 54.1 Å². The standard InChI is InChI=1S/C18H17BrN2OS/c1-18(2)7-13-16(14(22)8-18)15(12(9-20)17(23)21-13)10-3-5-11(19)6-4-10/h3-6,15,20H,7-8H2,1-2H3,(H,21,23). The molecule has 0 aromatic heterocycles. The molecule has 1 atom stereocenters. The molecule has 2 N–H and O–H groups in total. The van der Waals surface area contributed by atoms with E-state index in [0.29, 0.717) is 17.0 Å². The third-order valence-electron chi connectivity index (χ3n) is 4.34. The van der Waals surface area contributed by atoms with Crippen LogP contribution in [0.3, 0.4) is 0 Å². The molecule has 0 radical (unpaired) electrons. The van der Waals surface area contributed by atoms with E-state index in [1.54, 1.807) is 0 Å². The third kappa shape index (κ3) is 2.97. The second-order valence-electron chi connectivity index (χ2n) is 6.81. The summed E-state index contributed by atoms with van der Waals surface area (Å²) in [6.07, 6.45) is 1.30. The van der Waals surface area contributed by atoms with Crippen LogP contribution in [0.5, 0.6) is 0 Å². The number of Topliss-reactive ketones (excluding diaryl/α,β-unsaturated/α-hetero) is 1. The summed E-state index contributed by atoms with van der Waals surface area (Å²) in [6.45, 7) is 4.19. The van der Waals surface area contributed by atoms with Crippen LogP contribution < -0.4 is 5.32 Å². The van der Waals surface area contributed by atoms with Crippen molar-refractivity contribution >= 4 is 44.8 Å². The van der Waals surface area contributed by atoms with Gasteiger partial charge in [0.15, 0.2) is 5.78 Å². The summed E-state index contributed by atoms with van der Waals surface area (Å²) < 4.78 is 0.975. The molecule has 2 aliphatic rings. The highest BCUT2D eigenvalue weighted by Gasteiger charge is 2.41. The number of allylic oxidation sites excluding steroid dienone is 2. The Morgan fingerprint density at radius 2 is 1.96 bits per heavy atom. The molecule has 23 heavy (non-hydrogen) atoms. The van der Waals surface area contributed by atoms with Crippen molar-refractivity contribution in [3.63, 3.8) is 0 Å². The first-order valence-electron chi connectivity index (χ1n) is 7.45. The summed E-state index contributed by atoms with van der Waals surface area (Å²) in [5, 5.41) is 10.8. The van der Waals surface area contributed by atoms with E-state index in [-0.39, 0.29) is 17.1 Å². The Kier molecular flexibility index (Phi) is 4.13. The molecule has 1 aliphatic heterocycles. The minimum atomic E-state index is -0.298. The Hall–Kier alpha value is -1.55. The van der Waals surface area contributed by atoms with E-state index >= 15 is 0 Å². The molecule has 5 heteroatoms. The monoisotopic (exact) mass is 388 g/mol. The maximum atomic E-state index is 12.8. The van der Waals surface area contributed by atoms with Gasteiger partial charge in [0.1, 0.15) is 4.99 Å². The van der Waals surface area contributed by atoms with Crippen LogP contribution in [0, 0.1) is 10.8 Å². The molecule has 1 aromatic rings. The summed E-state index contributed by atoms with van der Waals surface area (Å²) in [4.78, 5) is 13.3. The maximum Gasteiger partial charge on any atom is 0.162 e. The normalized spacial score (nSPS) is 23.3. The molecule has 1 aromatic carbocycles. The van der Waals surface area contributed by atoms with Gasteiger partial charge in [0, 0.05) is 22.2 Å². The van der Waals surface area contributed by atoms with Crippen LogP contribution in [0.1, 0.15) is 38.2 Å². The Bertz CT molecular complexity index is 786. The zero-order valence-electron chi connectivity index (χ0n) is 13.0. The maximum absolute atomic E-state index is 12.8. The highest BCUT2D eigenvalue weighted by molar-refractivity contribution is 9.10. The van der Waals surface area contributed by atoms with E-state index in [1.165, 1.54) is 0 Å². The molecule has 3 rings (SSSR count). The number of ketones is 1. The minimum Gasteiger partial charge on any atom is -0.349 e. The van der Waals surface area contributed by atoms with Gasteiger partial charge in [-0.2, -0.15) is 0 Å². The lowest BCUT2D eigenvalue weighted by Gasteiger charge is -2.39. The first-order chi connectivity index (χ1) is 10.8. The number of hydrogen-bond acceptors (Lipinski definition) is 3. The van der Waals surface area contributed by atoms with Crippen molar-refractivity contribution in [1.82, 2.24) is 5.32 Å². The van der Waals surface area contributed by atoms with Gasteiger partial charge >= 0.3 is 0 Å². The van der Waals surface area contributed by atoms with Gasteiger partial charge in [0.05, 0.1) is 11.5 Å². The van der Waals surface area contributed by atoms with Gasteiger partial charge in [0.2, 0.25) is 0 Å². The van der Waals surface area contributed by atoms with Crippen molar-refractivity contribution in [2.75, 3.05) is 0 Å². The van der Waals surface area contributed by atoms with E-state index in [2.05, 4.69) is 41.0 Å². The van der Waals surface area contributed by atoms with Gasteiger partial charge < -0.3 is 5.32 Å². The van der Waals surface area contributed by atoms with Crippen molar-refractivity contribution < 1.29 is 4.79 Å². The first-order valence-corrected chi connectivity index (χ1v) is 8.65. The lowest BCUT2D eigenvalue weighted by Crippen LogP contribution is -2.41. The van der Waals surface area contributed by atoms with Crippen LogP contribution in [-0.2, 0) is 4.79 Å². The number of benzene rings is 1. The van der Waals surface area contributed by atoms with Crippen molar-refractivity contribution in [2.45, 2.75) is 32.6 Å². The van der Waals surface area contributed by atoms with Crippen molar-refractivity contribution in [2.24, 2.45) is 5.41 Å². The second-order valence-corrected chi connectivity index (χ2v) is 8.13. The van der Waals surface area contributed by atoms with Crippen molar-refractivity contribution in [1.29, 1.82) is 5.41 Å². The lowest BCUT2D eigenvalue weighted by atomic mass is 9.69. The van der Waals surface area contributed by atoms with Gasteiger partial charge in [-0.3, -0.25) is 10.2 Å². The van der Waals surface area contributed by atoms with Crippen LogP contribution in [0.15, 0.2) is 45.6 Å². The lowest BCUT2D eigenvalue weighted by molar-refractivity contribution is -0.118. The SMILES string of the molecule is CC1(C)CC(=O)C2=C(C1)NC(=S)C(=C=N)C2c1ccc(Br)cc1. The average Bonchev–Trinajstić information content (AvgIpc) is 2.45. The Morgan fingerprint density at radius 3 is 2.57 bits per heavy atom.